The van der Waals surface area contributed by atoms with E-state index < -0.39 is 0 Å². The number of nitrogens with zero attached hydrogens (tertiary/aromatic N) is 4. The highest BCUT2D eigenvalue weighted by Gasteiger charge is 2.25. The number of pyridine rings is 1. The third kappa shape index (κ3) is 6.55. The maximum atomic E-state index is 11.4. The van der Waals surface area contributed by atoms with Crippen LogP contribution in [0.3, 0.4) is 0 Å². The highest BCUT2D eigenvalue weighted by Crippen LogP contribution is 2.32. The molecule has 2 aliphatic rings. The Hall–Kier alpha value is -3.70. The maximum Gasteiger partial charge on any atom is 0.281 e. The molecule has 0 atom stereocenters. The van der Waals surface area contributed by atoms with Gasteiger partial charge >= 0.3 is 0 Å². The van der Waals surface area contributed by atoms with Gasteiger partial charge in [-0.05, 0) is 43.2 Å². The molecule has 11 nitrogen and oxygen atoms in total. The van der Waals surface area contributed by atoms with Crippen molar-refractivity contribution in [3.8, 4) is 11.6 Å². The molecule has 3 aromatic rings. The second-order valence-electron chi connectivity index (χ2n) is 9.10. The van der Waals surface area contributed by atoms with E-state index in [2.05, 4.69) is 48.7 Å². The molecule has 0 unspecified atom stereocenters. The van der Waals surface area contributed by atoms with Gasteiger partial charge in [0.05, 0.1) is 32.7 Å². The smallest absolute Gasteiger partial charge is 0.281 e. The average Bonchev–Trinajstić information content (AvgIpc) is 2.94. The number of hydrogen-bond donors (Lipinski definition) is 2. The number of nitrogens with one attached hydrogen (secondary N) is 2. The number of fused-ring (bicyclic) bond motifs is 1. The molecule has 196 valence electrons. The molecule has 0 radical (unpaired) electrons. The topological polar surface area (TPSA) is 120 Å². The molecule has 5 rings (SSSR count). The number of ether oxygens (including phenoxy) is 3. The summed E-state index contributed by atoms with van der Waals surface area (Å²) >= 11 is 0. The highest BCUT2D eigenvalue weighted by atomic mass is 16.6. The molecule has 0 bridgehead atoms. The fourth-order valence-electron chi connectivity index (χ4n) is 4.62. The fraction of sp³-hybridized carbons (Fsp3) is 0.462. The fourth-order valence-corrected chi connectivity index (χ4v) is 4.62. The van der Waals surface area contributed by atoms with Gasteiger partial charge in [0.2, 0.25) is 11.8 Å². The second kappa shape index (κ2) is 12.0. The zero-order valence-electron chi connectivity index (χ0n) is 20.9. The average molecular weight is 509 g/mol. The SMILES string of the molecule is CONC(=O)COc1cnc(N[C@H]2CC[C@@H](Oc3nc(N4CCOCC4)cc4ccccc34)CC2)nc1. The van der Waals surface area contributed by atoms with E-state index in [1.807, 2.05) is 12.1 Å². The number of anilines is 2. The molecule has 0 spiro atoms. The summed E-state index contributed by atoms with van der Waals surface area (Å²) in [6.07, 6.45) is 6.87. The lowest BCUT2D eigenvalue weighted by atomic mass is 9.93. The van der Waals surface area contributed by atoms with Crippen LogP contribution in [0.2, 0.25) is 0 Å². The van der Waals surface area contributed by atoms with Gasteiger partial charge in [-0.15, -0.1) is 0 Å². The van der Waals surface area contributed by atoms with Crippen molar-refractivity contribution in [3.05, 3.63) is 42.7 Å². The summed E-state index contributed by atoms with van der Waals surface area (Å²) in [6.45, 7) is 2.92. The number of amides is 1. The zero-order valence-corrected chi connectivity index (χ0v) is 20.9. The Balaban J connectivity index is 1.16. The maximum absolute atomic E-state index is 11.4. The van der Waals surface area contributed by atoms with Crippen molar-refractivity contribution < 1.29 is 23.8 Å². The molecule has 1 amide bonds. The minimum atomic E-state index is -0.389. The lowest BCUT2D eigenvalue weighted by Gasteiger charge is -2.31. The van der Waals surface area contributed by atoms with E-state index in [1.54, 1.807) is 12.4 Å². The number of carbonyl (C=O) groups excluding carboxylic acids is 1. The van der Waals surface area contributed by atoms with Crippen molar-refractivity contribution in [2.24, 2.45) is 0 Å². The van der Waals surface area contributed by atoms with Crippen molar-refractivity contribution in [1.82, 2.24) is 20.4 Å². The van der Waals surface area contributed by atoms with Gasteiger partial charge in [-0.25, -0.2) is 15.4 Å². The minimum Gasteiger partial charge on any atom is -0.480 e. The van der Waals surface area contributed by atoms with Crippen molar-refractivity contribution in [2.75, 3.05) is 50.2 Å². The first-order valence-corrected chi connectivity index (χ1v) is 12.6. The van der Waals surface area contributed by atoms with Crippen LogP contribution in [-0.2, 0) is 14.4 Å². The summed E-state index contributed by atoms with van der Waals surface area (Å²) in [4.78, 5) is 31.7. The number of carbonyl (C=O) groups is 1. The van der Waals surface area contributed by atoms with Gasteiger partial charge in [0, 0.05) is 24.5 Å². The third-order valence-corrected chi connectivity index (χ3v) is 6.53. The number of benzene rings is 1. The summed E-state index contributed by atoms with van der Waals surface area (Å²) in [6, 6.07) is 10.6. The number of morpholine rings is 1. The van der Waals surface area contributed by atoms with Crippen LogP contribution in [0.25, 0.3) is 10.8 Å². The lowest BCUT2D eigenvalue weighted by molar-refractivity contribution is -0.133. The molecule has 2 N–H and O–H groups in total. The second-order valence-corrected chi connectivity index (χ2v) is 9.10. The summed E-state index contributed by atoms with van der Waals surface area (Å²) < 4.78 is 17.3. The van der Waals surface area contributed by atoms with Gasteiger partial charge in [0.1, 0.15) is 11.9 Å². The molecular formula is C26H32N6O5. The van der Waals surface area contributed by atoms with E-state index in [0.717, 1.165) is 55.4 Å². The predicted molar refractivity (Wildman–Crippen MR) is 138 cm³/mol. The van der Waals surface area contributed by atoms with Crippen LogP contribution in [0.1, 0.15) is 25.7 Å². The largest absolute Gasteiger partial charge is 0.480 e. The zero-order chi connectivity index (χ0) is 25.5. The number of hydrogen-bond acceptors (Lipinski definition) is 10. The van der Waals surface area contributed by atoms with Crippen LogP contribution in [0.4, 0.5) is 11.8 Å². The predicted octanol–water partition coefficient (Wildman–Crippen LogP) is 2.72. The van der Waals surface area contributed by atoms with Crippen molar-refractivity contribution >= 4 is 28.4 Å². The Morgan fingerprint density at radius 3 is 2.62 bits per heavy atom. The third-order valence-electron chi connectivity index (χ3n) is 6.53. The van der Waals surface area contributed by atoms with E-state index >= 15 is 0 Å². The molecule has 1 saturated heterocycles. The van der Waals surface area contributed by atoms with Crippen LogP contribution in [0.15, 0.2) is 42.7 Å². The van der Waals surface area contributed by atoms with Crippen LogP contribution >= 0.6 is 0 Å². The molecule has 1 aromatic carbocycles. The first kappa shape index (κ1) is 25.0. The van der Waals surface area contributed by atoms with Gasteiger partial charge in [-0.2, -0.15) is 4.98 Å². The monoisotopic (exact) mass is 508 g/mol. The Kier molecular flexibility index (Phi) is 8.11. The normalized spacial score (nSPS) is 19.9. The number of rotatable bonds is 9. The van der Waals surface area contributed by atoms with Crippen LogP contribution in [0.5, 0.6) is 11.6 Å². The highest BCUT2D eigenvalue weighted by molar-refractivity contribution is 5.89. The lowest BCUT2D eigenvalue weighted by Crippen LogP contribution is -2.37. The first-order valence-electron chi connectivity index (χ1n) is 12.6. The molecule has 1 aliphatic heterocycles. The minimum absolute atomic E-state index is 0.101. The molecule has 3 heterocycles. The van der Waals surface area contributed by atoms with E-state index in [4.69, 9.17) is 19.2 Å². The summed E-state index contributed by atoms with van der Waals surface area (Å²) in [7, 11) is 1.37. The van der Waals surface area contributed by atoms with Gasteiger partial charge in [-0.1, -0.05) is 18.2 Å². The van der Waals surface area contributed by atoms with Gasteiger partial charge < -0.3 is 24.4 Å². The Morgan fingerprint density at radius 1 is 1.11 bits per heavy atom. The van der Waals surface area contributed by atoms with Gasteiger partial charge in [0.15, 0.2) is 12.4 Å². The van der Waals surface area contributed by atoms with Crippen LogP contribution in [0, 0.1) is 0 Å². The van der Waals surface area contributed by atoms with Crippen molar-refractivity contribution in [3.63, 3.8) is 0 Å². The van der Waals surface area contributed by atoms with E-state index in [0.29, 0.717) is 30.8 Å². The Labute approximate surface area is 215 Å². The summed E-state index contributed by atoms with van der Waals surface area (Å²) in [5.41, 5.74) is 2.19. The number of aromatic nitrogens is 3. The first-order chi connectivity index (χ1) is 18.2. The quantitative estimate of drug-likeness (QED) is 0.418. The molecule has 2 aromatic heterocycles. The number of hydroxylamine groups is 1. The van der Waals surface area contributed by atoms with Gasteiger partial charge in [-0.3, -0.25) is 9.63 Å². The molecule has 2 fully saturated rings. The van der Waals surface area contributed by atoms with Crippen LogP contribution in [-0.4, -0.2) is 73.0 Å². The van der Waals surface area contributed by atoms with Gasteiger partial charge in [0.25, 0.3) is 5.91 Å². The standard InChI is InChI=1S/C26H32N6O5/c1-34-31-24(33)17-36-21-15-27-26(28-16-21)29-19-6-8-20(9-7-19)37-25-22-5-3-2-4-18(22)14-23(30-25)32-10-12-35-13-11-32/h2-5,14-16,19-20H,6-13,17H2,1H3,(H,31,33)(H,27,28,29)/t19-,20+. The van der Waals surface area contributed by atoms with Crippen molar-refractivity contribution in [2.45, 2.75) is 37.8 Å². The summed E-state index contributed by atoms with van der Waals surface area (Å²) in [5, 5.41) is 5.56. The van der Waals surface area contributed by atoms with E-state index in [-0.39, 0.29) is 24.7 Å². The molecule has 37 heavy (non-hydrogen) atoms. The summed E-state index contributed by atoms with van der Waals surface area (Å²) in [5.74, 6) is 2.20. The van der Waals surface area contributed by atoms with E-state index in [1.165, 1.54) is 7.11 Å². The van der Waals surface area contributed by atoms with E-state index in [9.17, 15) is 4.79 Å². The molecule has 11 heteroatoms. The molecular weight excluding hydrogens is 476 g/mol. The molecule has 1 aliphatic carbocycles. The molecule has 1 saturated carbocycles. The Morgan fingerprint density at radius 2 is 1.86 bits per heavy atom. The Bertz CT molecular complexity index is 1180. The van der Waals surface area contributed by atoms with Crippen molar-refractivity contribution in [1.29, 1.82) is 0 Å². The van der Waals surface area contributed by atoms with Crippen LogP contribution < -0.4 is 25.2 Å².